The predicted octanol–water partition coefficient (Wildman–Crippen LogP) is 1.37. The summed E-state index contributed by atoms with van der Waals surface area (Å²) < 4.78 is 1.36. The van der Waals surface area contributed by atoms with Gasteiger partial charge in [0.1, 0.15) is 12.2 Å². The number of hydrogen-bond acceptors (Lipinski definition) is 3. The van der Waals surface area contributed by atoms with Gasteiger partial charge < -0.3 is 15.0 Å². The zero-order valence-corrected chi connectivity index (χ0v) is 11.1. The van der Waals surface area contributed by atoms with Crippen molar-refractivity contribution in [3.05, 3.63) is 59.4 Å². The smallest absolute Gasteiger partial charge is 0.352 e. The van der Waals surface area contributed by atoms with E-state index >= 15 is 0 Å². The van der Waals surface area contributed by atoms with Gasteiger partial charge in [-0.15, -0.1) is 0 Å². The molecule has 0 bridgehead atoms. The lowest BCUT2D eigenvalue weighted by Crippen LogP contribution is -2.28. The Hall–Kier alpha value is -3.07. The van der Waals surface area contributed by atoms with Gasteiger partial charge in [0, 0.05) is 12.7 Å². The van der Waals surface area contributed by atoms with Gasteiger partial charge >= 0.3 is 5.97 Å². The summed E-state index contributed by atoms with van der Waals surface area (Å²) in [7, 11) is 0. The second-order valence-corrected chi connectivity index (χ2v) is 4.42. The lowest BCUT2D eigenvalue weighted by atomic mass is 10.1. The molecule has 6 heteroatoms. The molecule has 0 aliphatic rings. The molecule has 0 fully saturated rings. The van der Waals surface area contributed by atoms with Crippen LogP contribution in [0.15, 0.2) is 42.6 Å². The Morgan fingerprint density at radius 1 is 1.29 bits per heavy atom. The number of benzene rings is 1. The van der Waals surface area contributed by atoms with Gasteiger partial charge in [-0.1, -0.05) is 12.1 Å². The number of carbonyl (C=O) groups is 2. The minimum Gasteiger partial charge on any atom is -0.477 e. The maximum atomic E-state index is 11.8. The lowest BCUT2D eigenvalue weighted by Gasteiger charge is -2.08. The van der Waals surface area contributed by atoms with Crippen LogP contribution < -0.4 is 5.32 Å². The van der Waals surface area contributed by atoms with Gasteiger partial charge in [0.15, 0.2) is 0 Å². The van der Waals surface area contributed by atoms with E-state index in [9.17, 15) is 9.59 Å². The third-order valence-electron chi connectivity index (χ3n) is 2.91. The van der Waals surface area contributed by atoms with Crippen LogP contribution in [0.2, 0.25) is 0 Å². The van der Waals surface area contributed by atoms with Crippen LogP contribution in [0, 0.1) is 11.3 Å². The topological polar surface area (TPSA) is 95.1 Å². The predicted molar refractivity (Wildman–Crippen MR) is 74.4 cm³/mol. The maximum absolute atomic E-state index is 11.8. The molecule has 1 aromatic heterocycles. The van der Waals surface area contributed by atoms with E-state index in [1.54, 1.807) is 36.5 Å². The van der Waals surface area contributed by atoms with E-state index in [2.05, 4.69) is 5.32 Å². The number of hydrogen-bond donors (Lipinski definition) is 2. The van der Waals surface area contributed by atoms with Gasteiger partial charge in [-0.3, -0.25) is 4.79 Å². The van der Waals surface area contributed by atoms with Crippen LogP contribution in [0.1, 0.15) is 21.6 Å². The van der Waals surface area contributed by atoms with Crippen molar-refractivity contribution in [1.29, 1.82) is 5.26 Å². The molecule has 1 aromatic carbocycles. The third-order valence-corrected chi connectivity index (χ3v) is 2.91. The molecule has 106 valence electrons. The molecule has 0 atom stereocenters. The average Bonchev–Trinajstić information content (AvgIpc) is 2.93. The Labute approximate surface area is 121 Å². The maximum Gasteiger partial charge on any atom is 0.352 e. The number of nitriles is 1. The van der Waals surface area contributed by atoms with Crippen molar-refractivity contribution in [2.75, 3.05) is 0 Å². The van der Waals surface area contributed by atoms with Gasteiger partial charge in [-0.25, -0.2) is 4.79 Å². The van der Waals surface area contributed by atoms with Crippen molar-refractivity contribution >= 4 is 11.9 Å². The molecule has 0 aliphatic heterocycles. The largest absolute Gasteiger partial charge is 0.477 e. The summed E-state index contributed by atoms with van der Waals surface area (Å²) in [5.41, 5.74) is 1.41. The van der Waals surface area contributed by atoms with Crippen LogP contribution in [0.5, 0.6) is 0 Å². The highest BCUT2D eigenvalue weighted by Gasteiger charge is 2.11. The molecular weight excluding hydrogens is 270 g/mol. The van der Waals surface area contributed by atoms with Gasteiger partial charge in [0.25, 0.3) is 0 Å². The third kappa shape index (κ3) is 3.70. The molecule has 0 radical (unpaired) electrons. The molecule has 2 rings (SSSR count). The van der Waals surface area contributed by atoms with Crippen molar-refractivity contribution in [3.63, 3.8) is 0 Å². The Bertz CT molecular complexity index is 713. The number of aromatic nitrogens is 1. The summed E-state index contributed by atoms with van der Waals surface area (Å²) in [4.78, 5) is 22.8. The van der Waals surface area contributed by atoms with Crippen molar-refractivity contribution < 1.29 is 14.7 Å². The Morgan fingerprint density at radius 2 is 2.10 bits per heavy atom. The van der Waals surface area contributed by atoms with Gasteiger partial charge in [0.05, 0.1) is 11.6 Å². The van der Waals surface area contributed by atoms with Gasteiger partial charge in [0.2, 0.25) is 5.91 Å². The zero-order chi connectivity index (χ0) is 15.2. The first-order valence-corrected chi connectivity index (χ1v) is 6.24. The fourth-order valence-electron chi connectivity index (χ4n) is 1.91. The number of carboxylic acids is 1. The summed E-state index contributed by atoms with van der Waals surface area (Å²) in [5, 5.41) is 20.4. The number of nitrogens with one attached hydrogen (secondary N) is 1. The minimum atomic E-state index is -1.07. The van der Waals surface area contributed by atoms with E-state index in [0.29, 0.717) is 5.56 Å². The van der Waals surface area contributed by atoms with Crippen LogP contribution in [0.3, 0.4) is 0 Å². The molecule has 0 saturated heterocycles. The van der Waals surface area contributed by atoms with E-state index in [1.165, 1.54) is 10.6 Å². The minimum absolute atomic E-state index is 0.0629. The summed E-state index contributed by atoms with van der Waals surface area (Å²) in [6, 6.07) is 12.0. The van der Waals surface area contributed by atoms with E-state index < -0.39 is 5.97 Å². The number of carbonyl (C=O) groups excluding carboxylic acids is 1. The first kappa shape index (κ1) is 14.3. The zero-order valence-electron chi connectivity index (χ0n) is 11.1. The van der Waals surface area contributed by atoms with Gasteiger partial charge in [-0.05, 0) is 29.8 Å². The van der Waals surface area contributed by atoms with Crippen LogP contribution in [0.4, 0.5) is 0 Å². The first-order valence-electron chi connectivity index (χ1n) is 6.24. The molecule has 0 aliphatic carbocycles. The van der Waals surface area contributed by atoms with Crippen molar-refractivity contribution in [3.8, 4) is 6.07 Å². The van der Waals surface area contributed by atoms with Crippen LogP contribution in [0.25, 0.3) is 0 Å². The van der Waals surface area contributed by atoms with Crippen molar-refractivity contribution in [2.24, 2.45) is 0 Å². The average molecular weight is 283 g/mol. The molecule has 0 saturated carbocycles. The van der Waals surface area contributed by atoms with Crippen LogP contribution in [-0.2, 0) is 17.9 Å². The van der Waals surface area contributed by atoms with E-state index in [-0.39, 0.29) is 24.7 Å². The quantitative estimate of drug-likeness (QED) is 0.866. The normalized spacial score (nSPS) is 9.86. The number of rotatable bonds is 5. The second-order valence-electron chi connectivity index (χ2n) is 4.42. The number of nitrogens with zero attached hydrogens (tertiary/aromatic N) is 2. The van der Waals surface area contributed by atoms with E-state index in [0.717, 1.165) is 5.56 Å². The SMILES string of the molecule is N#Cc1cccc(CNC(=O)Cn2cccc2C(=O)O)c1. The second kappa shape index (κ2) is 6.39. The number of aromatic carboxylic acids is 1. The van der Waals surface area contributed by atoms with E-state index in [1.807, 2.05) is 6.07 Å². The van der Waals surface area contributed by atoms with Gasteiger partial charge in [-0.2, -0.15) is 5.26 Å². The summed E-state index contributed by atoms with van der Waals surface area (Å²) in [6.45, 7) is 0.227. The molecule has 1 heterocycles. The highest BCUT2D eigenvalue weighted by Crippen LogP contribution is 2.05. The highest BCUT2D eigenvalue weighted by molar-refractivity contribution is 5.86. The Balaban J connectivity index is 1.94. The van der Waals surface area contributed by atoms with Crippen LogP contribution in [-0.4, -0.2) is 21.6 Å². The molecule has 2 aromatic rings. The molecule has 1 amide bonds. The van der Waals surface area contributed by atoms with Crippen molar-refractivity contribution in [2.45, 2.75) is 13.1 Å². The molecular formula is C15H13N3O3. The Morgan fingerprint density at radius 3 is 2.81 bits per heavy atom. The number of carboxylic acid groups (broad SMARTS) is 1. The molecule has 21 heavy (non-hydrogen) atoms. The molecule has 0 spiro atoms. The fraction of sp³-hybridized carbons (Fsp3) is 0.133. The summed E-state index contributed by atoms with van der Waals surface area (Å²) in [6.07, 6.45) is 1.54. The Kier molecular flexibility index (Phi) is 4.36. The van der Waals surface area contributed by atoms with Crippen LogP contribution >= 0.6 is 0 Å². The highest BCUT2D eigenvalue weighted by atomic mass is 16.4. The molecule has 6 nitrogen and oxygen atoms in total. The van der Waals surface area contributed by atoms with Crippen molar-refractivity contribution in [1.82, 2.24) is 9.88 Å². The van der Waals surface area contributed by atoms with E-state index in [4.69, 9.17) is 10.4 Å². The standard InChI is InChI=1S/C15H13N3O3/c16-8-11-3-1-4-12(7-11)9-17-14(19)10-18-6-2-5-13(18)15(20)21/h1-7H,9-10H2,(H,17,19)(H,20,21). The molecule has 0 unspecified atom stereocenters. The summed E-state index contributed by atoms with van der Waals surface area (Å²) >= 11 is 0. The summed E-state index contributed by atoms with van der Waals surface area (Å²) in [5.74, 6) is -1.37. The number of amides is 1. The molecule has 2 N–H and O–H groups in total. The lowest BCUT2D eigenvalue weighted by molar-refractivity contribution is -0.121. The monoisotopic (exact) mass is 283 g/mol. The first-order chi connectivity index (χ1) is 10.1. The fourth-order valence-corrected chi connectivity index (χ4v) is 1.91.